The van der Waals surface area contributed by atoms with Gasteiger partial charge in [-0.1, -0.05) is 40.9 Å². The Bertz CT molecular complexity index is 1540. The normalized spacial score (nSPS) is 15.1. The van der Waals surface area contributed by atoms with Crippen LogP contribution in [0.2, 0.25) is 10.0 Å². The number of rotatable bonds is 4. The van der Waals surface area contributed by atoms with Crippen LogP contribution in [0.15, 0.2) is 53.4 Å². The van der Waals surface area contributed by atoms with Crippen LogP contribution in [0.4, 0.5) is 0 Å². The van der Waals surface area contributed by atoms with Crippen LogP contribution < -0.4 is 0 Å². The average Bonchev–Trinajstić information content (AvgIpc) is 3.41. The number of carbonyl (C=O) groups excluding carboxylic acids is 1. The molecule has 0 aliphatic carbocycles. The number of hydrogen-bond donors (Lipinski definition) is 0. The van der Waals surface area contributed by atoms with Crippen LogP contribution >= 0.6 is 34.5 Å². The molecule has 11 heteroatoms. The molecule has 5 rings (SSSR count). The quantitative estimate of drug-likeness (QED) is 0.353. The summed E-state index contributed by atoms with van der Waals surface area (Å²) in [6, 6.07) is 14.3. The first-order valence-corrected chi connectivity index (χ1v) is 14.0. The lowest BCUT2D eigenvalue weighted by Crippen LogP contribution is -2.50. The fourth-order valence-electron chi connectivity index (χ4n) is 4.11. The average molecular weight is 550 g/mol. The van der Waals surface area contributed by atoms with Crippen molar-refractivity contribution in [3.63, 3.8) is 0 Å². The number of aryl methyl sites for hydroxylation is 2. The van der Waals surface area contributed by atoms with Gasteiger partial charge in [0.15, 0.2) is 0 Å². The molecule has 3 heterocycles. The molecule has 0 atom stereocenters. The maximum atomic E-state index is 13.3. The number of thiophene rings is 1. The number of hydrogen-bond acceptors (Lipinski definition) is 5. The van der Waals surface area contributed by atoms with Crippen LogP contribution in [-0.2, 0) is 10.0 Å². The van der Waals surface area contributed by atoms with E-state index < -0.39 is 10.0 Å². The summed E-state index contributed by atoms with van der Waals surface area (Å²) in [5.74, 6) is -0.112. The summed E-state index contributed by atoms with van der Waals surface area (Å²) in [5.41, 5.74) is 2.95. The Morgan fingerprint density at radius 1 is 0.971 bits per heavy atom. The maximum absolute atomic E-state index is 13.3. The van der Waals surface area contributed by atoms with Gasteiger partial charge in [0.2, 0.25) is 10.0 Å². The molecule has 1 amide bonds. The molecule has 0 bridgehead atoms. The lowest BCUT2D eigenvalue weighted by Gasteiger charge is -2.34. The van der Waals surface area contributed by atoms with Crippen molar-refractivity contribution in [2.75, 3.05) is 26.2 Å². The molecule has 0 unspecified atom stereocenters. The summed E-state index contributed by atoms with van der Waals surface area (Å²) in [6.07, 6.45) is 0. The Kier molecular flexibility index (Phi) is 6.39. The van der Waals surface area contributed by atoms with Crippen molar-refractivity contribution in [1.82, 2.24) is 19.0 Å². The van der Waals surface area contributed by atoms with Crippen molar-refractivity contribution in [2.45, 2.75) is 18.7 Å². The second-order valence-corrected chi connectivity index (χ2v) is 12.2. The molecule has 1 aliphatic heterocycles. The summed E-state index contributed by atoms with van der Waals surface area (Å²) >= 11 is 13.5. The zero-order valence-corrected chi connectivity index (χ0v) is 22.2. The summed E-state index contributed by atoms with van der Waals surface area (Å²) in [6.45, 7) is 4.89. The summed E-state index contributed by atoms with van der Waals surface area (Å²) in [4.78, 5) is 16.5. The van der Waals surface area contributed by atoms with Gasteiger partial charge < -0.3 is 4.90 Å². The third-order valence-corrected chi connectivity index (χ3v) is 9.78. The van der Waals surface area contributed by atoms with Gasteiger partial charge >= 0.3 is 0 Å². The Morgan fingerprint density at radius 2 is 1.66 bits per heavy atom. The fraction of sp³-hybridized carbons (Fsp3) is 0.250. The molecular formula is C24H22Cl2N4O3S2. The number of amides is 1. The molecule has 1 saturated heterocycles. The standard InChI is InChI=1S/C24H22Cl2N4O3S2/c1-15-3-6-18(7-4-15)30-24-19(16(2)27-30)14-21(34-24)23(31)28-9-11-29(12-10-28)35(32,33)22-13-17(25)5-8-20(22)26/h3-8,13-14H,9-12H2,1-2H3. The molecule has 0 saturated carbocycles. The monoisotopic (exact) mass is 548 g/mol. The zero-order valence-electron chi connectivity index (χ0n) is 19.0. The van der Waals surface area contributed by atoms with Crippen molar-refractivity contribution >= 4 is 60.7 Å². The van der Waals surface area contributed by atoms with E-state index in [0.717, 1.165) is 27.2 Å². The van der Waals surface area contributed by atoms with Crippen LogP contribution in [0, 0.1) is 13.8 Å². The zero-order chi connectivity index (χ0) is 24.9. The van der Waals surface area contributed by atoms with Crippen molar-refractivity contribution in [2.24, 2.45) is 0 Å². The number of piperazine rings is 1. The van der Waals surface area contributed by atoms with E-state index in [1.165, 1.54) is 27.8 Å². The molecule has 2 aromatic carbocycles. The van der Waals surface area contributed by atoms with Crippen LogP contribution in [0.25, 0.3) is 15.9 Å². The molecule has 0 radical (unpaired) electrons. The second-order valence-electron chi connectivity index (χ2n) is 8.43. The van der Waals surface area contributed by atoms with Crippen molar-refractivity contribution in [1.29, 1.82) is 0 Å². The summed E-state index contributed by atoms with van der Waals surface area (Å²) in [5, 5.41) is 6.01. The molecule has 182 valence electrons. The van der Waals surface area contributed by atoms with Gasteiger partial charge in [-0.2, -0.15) is 9.40 Å². The lowest BCUT2D eigenvalue weighted by molar-refractivity contribution is 0.0703. The number of benzene rings is 2. The summed E-state index contributed by atoms with van der Waals surface area (Å²) < 4.78 is 29.4. The minimum Gasteiger partial charge on any atom is -0.335 e. The second kappa shape index (κ2) is 9.22. The minimum atomic E-state index is -3.82. The number of nitrogens with zero attached hydrogens (tertiary/aromatic N) is 4. The smallest absolute Gasteiger partial charge is 0.264 e. The highest BCUT2D eigenvalue weighted by Crippen LogP contribution is 2.32. The molecule has 4 aromatic rings. The predicted molar refractivity (Wildman–Crippen MR) is 140 cm³/mol. The van der Waals surface area contributed by atoms with Gasteiger partial charge in [0.1, 0.15) is 9.73 Å². The van der Waals surface area contributed by atoms with Gasteiger partial charge in [-0.15, -0.1) is 11.3 Å². The number of aromatic nitrogens is 2. The number of sulfonamides is 1. The Balaban J connectivity index is 1.35. The number of carbonyl (C=O) groups is 1. The van der Waals surface area contributed by atoms with Gasteiger partial charge in [0.05, 0.1) is 21.3 Å². The van der Waals surface area contributed by atoms with E-state index in [-0.39, 0.29) is 42.0 Å². The van der Waals surface area contributed by atoms with Gasteiger partial charge in [-0.25, -0.2) is 13.1 Å². The van der Waals surface area contributed by atoms with Gasteiger partial charge in [0, 0.05) is 36.6 Å². The van der Waals surface area contributed by atoms with E-state index in [0.29, 0.717) is 9.90 Å². The van der Waals surface area contributed by atoms with Crippen molar-refractivity contribution in [3.8, 4) is 5.69 Å². The van der Waals surface area contributed by atoms with E-state index in [2.05, 4.69) is 5.10 Å². The predicted octanol–water partition coefficient (Wildman–Crippen LogP) is 5.16. The molecule has 0 N–H and O–H groups in total. The van der Waals surface area contributed by atoms with E-state index in [1.807, 2.05) is 48.9 Å². The van der Waals surface area contributed by atoms with Gasteiger partial charge in [-0.3, -0.25) is 4.79 Å². The fourth-order valence-corrected chi connectivity index (χ4v) is 7.43. The largest absolute Gasteiger partial charge is 0.335 e. The van der Waals surface area contributed by atoms with Crippen LogP contribution in [0.1, 0.15) is 20.9 Å². The highest BCUT2D eigenvalue weighted by molar-refractivity contribution is 7.89. The highest BCUT2D eigenvalue weighted by atomic mass is 35.5. The molecule has 1 aliphatic rings. The van der Waals surface area contributed by atoms with E-state index in [9.17, 15) is 13.2 Å². The molecule has 2 aromatic heterocycles. The SMILES string of the molecule is Cc1ccc(-n2nc(C)c3cc(C(=O)N4CCN(S(=O)(=O)c5cc(Cl)ccc5Cl)CC4)sc32)cc1. The first kappa shape index (κ1) is 24.3. The maximum Gasteiger partial charge on any atom is 0.264 e. The third kappa shape index (κ3) is 4.47. The van der Waals surface area contributed by atoms with Gasteiger partial charge in [0.25, 0.3) is 5.91 Å². The van der Waals surface area contributed by atoms with E-state index >= 15 is 0 Å². The van der Waals surface area contributed by atoms with Crippen molar-refractivity contribution < 1.29 is 13.2 Å². The first-order chi connectivity index (χ1) is 16.6. The topological polar surface area (TPSA) is 75.5 Å². The highest BCUT2D eigenvalue weighted by Gasteiger charge is 2.32. The van der Waals surface area contributed by atoms with Crippen LogP contribution in [0.3, 0.4) is 0 Å². The van der Waals surface area contributed by atoms with Gasteiger partial charge in [-0.05, 0) is 50.2 Å². The van der Waals surface area contributed by atoms with Crippen LogP contribution in [-0.4, -0.2) is 59.5 Å². The third-order valence-electron chi connectivity index (χ3n) is 6.07. The van der Waals surface area contributed by atoms with Crippen LogP contribution in [0.5, 0.6) is 0 Å². The molecule has 35 heavy (non-hydrogen) atoms. The molecular weight excluding hydrogens is 527 g/mol. The first-order valence-electron chi connectivity index (χ1n) is 11.0. The number of halogens is 2. The molecule has 0 spiro atoms. The lowest BCUT2D eigenvalue weighted by atomic mass is 10.2. The number of fused-ring (bicyclic) bond motifs is 1. The Morgan fingerprint density at radius 3 is 2.34 bits per heavy atom. The Hall–Kier alpha value is -2.43. The van der Waals surface area contributed by atoms with E-state index in [4.69, 9.17) is 23.2 Å². The summed E-state index contributed by atoms with van der Waals surface area (Å²) in [7, 11) is -3.82. The molecule has 7 nitrogen and oxygen atoms in total. The van der Waals surface area contributed by atoms with Crippen molar-refractivity contribution in [3.05, 3.63) is 74.7 Å². The van der Waals surface area contributed by atoms with E-state index in [1.54, 1.807) is 11.0 Å². The molecule has 1 fully saturated rings. The Labute approximate surface area is 217 Å². The minimum absolute atomic E-state index is 0.0212.